The van der Waals surface area contributed by atoms with Crippen molar-refractivity contribution in [3.63, 3.8) is 0 Å². The summed E-state index contributed by atoms with van der Waals surface area (Å²) in [5.74, 6) is 7.53. The van der Waals surface area contributed by atoms with Crippen molar-refractivity contribution in [2.45, 2.75) is 10.9 Å². The van der Waals surface area contributed by atoms with Gasteiger partial charge in [0, 0.05) is 21.9 Å². The Bertz CT molecular complexity index is 854. The molecule has 2 aromatic carbocycles. The van der Waals surface area contributed by atoms with Crippen LogP contribution in [0.25, 0.3) is 11.4 Å². The van der Waals surface area contributed by atoms with Crippen molar-refractivity contribution in [1.82, 2.24) is 14.9 Å². The van der Waals surface area contributed by atoms with E-state index in [-0.39, 0.29) is 5.82 Å². The second-order valence-electron chi connectivity index (χ2n) is 4.93. The third-order valence-corrected chi connectivity index (χ3v) is 4.59. The van der Waals surface area contributed by atoms with Crippen LogP contribution >= 0.6 is 23.4 Å². The highest BCUT2D eigenvalue weighted by Crippen LogP contribution is 2.30. The van der Waals surface area contributed by atoms with E-state index in [9.17, 15) is 4.39 Å². The van der Waals surface area contributed by atoms with Crippen LogP contribution in [0.3, 0.4) is 0 Å². The number of halogens is 2. The molecule has 0 atom stereocenters. The standard InChI is InChI=1S/C16H14ClFN4OS/c1-23-14-7-4-12(17)8-11(14)9-24-16-21-20-15(22(16)19)10-2-5-13(18)6-3-10/h2-8H,9,19H2,1H3. The minimum Gasteiger partial charge on any atom is -0.496 e. The molecule has 0 saturated heterocycles. The molecule has 0 unspecified atom stereocenters. The van der Waals surface area contributed by atoms with E-state index in [0.717, 1.165) is 11.3 Å². The first-order valence-electron chi connectivity index (χ1n) is 7.00. The van der Waals surface area contributed by atoms with Crippen LogP contribution in [0.15, 0.2) is 47.6 Å². The fourth-order valence-corrected chi connectivity index (χ4v) is 3.20. The van der Waals surface area contributed by atoms with Crippen molar-refractivity contribution < 1.29 is 9.13 Å². The molecule has 5 nitrogen and oxygen atoms in total. The molecule has 1 aromatic heterocycles. The lowest BCUT2D eigenvalue weighted by atomic mass is 10.2. The second-order valence-corrected chi connectivity index (χ2v) is 6.31. The molecule has 2 N–H and O–H groups in total. The second kappa shape index (κ2) is 7.11. The average Bonchev–Trinajstić information content (AvgIpc) is 2.95. The minimum atomic E-state index is -0.315. The molecule has 0 saturated carbocycles. The van der Waals surface area contributed by atoms with Crippen LogP contribution in [0.2, 0.25) is 5.02 Å². The van der Waals surface area contributed by atoms with Gasteiger partial charge in [0.15, 0.2) is 5.82 Å². The molecule has 0 fully saturated rings. The molecule has 3 rings (SSSR count). The van der Waals surface area contributed by atoms with Crippen molar-refractivity contribution in [2.75, 3.05) is 13.0 Å². The van der Waals surface area contributed by atoms with Gasteiger partial charge in [-0.2, -0.15) is 0 Å². The van der Waals surface area contributed by atoms with E-state index < -0.39 is 0 Å². The van der Waals surface area contributed by atoms with Crippen LogP contribution in [0.4, 0.5) is 4.39 Å². The van der Waals surface area contributed by atoms with Gasteiger partial charge in [-0.05, 0) is 42.5 Å². The van der Waals surface area contributed by atoms with Crippen LogP contribution in [0.5, 0.6) is 5.75 Å². The van der Waals surface area contributed by atoms with Gasteiger partial charge in [0.1, 0.15) is 11.6 Å². The number of methoxy groups -OCH3 is 1. The van der Waals surface area contributed by atoms with Gasteiger partial charge < -0.3 is 10.6 Å². The van der Waals surface area contributed by atoms with Gasteiger partial charge in [-0.1, -0.05) is 23.4 Å². The summed E-state index contributed by atoms with van der Waals surface area (Å²) in [7, 11) is 1.61. The van der Waals surface area contributed by atoms with Crippen molar-refractivity contribution in [2.24, 2.45) is 0 Å². The maximum absolute atomic E-state index is 13.0. The van der Waals surface area contributed by atoms with E-state index in [1.54, 1.807) is 25.3 Å². The van der Waals surface area contributed by atoms with Gasteiger partial charge in [0.05, 0.1) is 7.11 Å². The van der Waals surface area contributed by atoms with Gasteiger partial charge in [0.25, 0.3) is 0 Å². The fourth-order valence-electron chi connectivity index (χ4n) is 2.17. The molecule has 24 heavy (non-hydrogen) atoms. The number of aromatic nitrogens is 3. The summed E-state index contributed by atoms with van der Waals surface area (Å²) in [6, 6.07) is 11.4. The lowest BCUT2D eigenvalue weighted by molar-refractivity contribution is 0.411. The van der Waals surface area contributed by atoms with E-state index in [0.29, 0.717) is 27.3 Å². The molecule has 0 aliphatic rings. The molecule has 0 radical (unpaired) electrons. The molecule has 0 aliphatic heterocycles. The molecule has 3 aromatic rings. The zero-order chi connectivity index (χ0) is 17.1. The summed E-state index contributed by atoms with van der Waals surface area (Å²) in [5, 5.41) is 9.34. The largest absolute Gasteiger partial charge is 0.496 e. The SMILES string of the molecule is COc1ccc(Cl)cc1CSc1nnc(-c2ccc(F)cc2)n1N. The quantitative estimate of drug-likeness (QED) is 0.551. The highest BCUT2D eigenvalue weighted by atomic mass is 35.5. The molecule has 1 heterocycles. The zero-order valence-corrected chi connectivity index (χ0v) is 14.3. The molecule has 0 amide bonds. The van der Waals surface area contributed by atoms with Crippen LogP contribution < -0.4 is 10.6 Å². The van der Waals surface area contributed by atoms with Crippen LogP contribution in [0, 0.1) is 5.82 Å². The maximum Gasteiger partial charge on any atom is 0.210 e. The topological polar surface area (TPSA) is 66.0 Å². The zero-order valence-electron chi connectivity index (χ0n) is 12.7. The van der Waals surface area contributed by atoms with E-state index in [1.807, 2.05) is 12.1 Å². The highest BCUT2D eigenvalue weighted by molar-refractivity contribution is 7.98. The summed E-state index contributed by atoms with van der Waals surface area (Å²) < 4.78 is 19.7. The number of hydrogen-bond acceptors (Lipinski definition) is 5. The Hall–Kier alpha value is -2.25. The highest BCUT2D eigenvalue weighted by Gasteiger charge is 2.13. The van der Waals surface area contributed by atoms with Gasteiger partial charge in [-0.15, -0.1) is 10.2 Å². The molecule has 124 valence electrons. The lowest BCUT2D eigenvalue weighted by Crippen LogP contribution is -2.11. The van der Waals surface area contributed by atoms with Gasteiger partial charge in [-0.25, -0.2) is 9.07 Å². The first-order chi connectivity index (χ1) is 11.6. The first kappa shape index (κ1) is 16.6. The third-order valence-electron chi connectivity index (χ3n) is 3.37. The fraction of sp³-hybridized carbons (Fsp3) is 0.125. The normalized spacial score (nSPS) is 10.8. The Balaban J connectivity index is 1.80. The molecule has 0 bridgehead atoms. The van der Waals surface area contributed by atoms with E-state index in [4.69, 9.17) is 22.2 Å². The average molecular weight is 365 g/mol. The van der Waals surface area contributed by atoms with E-state index >= 15 is 0 Å². The smallest absolute Gasteiger partial charge is 0.210 e. The number of benzene rings is 2. The number of nitrogen functional groups attached to an aromatic ring is 1. The maximum atomic E-state index is 13.0. The summed E-state index contributed by atoms with van der Waals surface area (Å²) in [6.45, 7) is 0. The number of ether oxygens (including phenoxy) is 1. The third kappa shape index (κ3) is 3.47. The molecule has 8 heteroatoms. The number of nitrogens with zero attached hydrogens (tertiary/aromatic N) is 3. The summed E-state index contributed by atoms with van der Waals surface area (Å²) in [6.07, 6.45) is 0. The monoisotopic (exact) mass is 364 g/mol. The van der Waals surface area contributed by atoms with Crippen molar-refractivity contribution in [3.05, 3.63) is 58.9 Å². The van der Waals surface area contributed by atoms with Crippen molar-refractivity contribution in [3.8, 4) is 17.1 Å². The van der Waals surface area contributed by atoms with Crippen LogP contribution in [-0.4, -0.2) is 22.0 Å². The number of thioether (sulfide) groups is 1. The first-order valence-corrected chi connectivity index (χ1v) is 8.36. The molecular weight excluding hydrogens is 351 g/mol. The Labute approximate surface area is 147 Å². The van der Waals surface area contributed by atoms with Gasteiger partial charge in [-0.3, -0.25) is 0 Å². The minimum absolute atomic E-state index is 0.315. The molecular formula is C16H14ClFN4OS. The number of rotatable bonds is 5. The summed E-state index contributed by atoms with van der Waals surface area (Å²) in [4.78, 5) is 0. The lowest BCUT2D eigenvalue weighted by Gasteiger charge is -2.08. The predicted octanol–water partition coefficient (Wildman–Crippen LogP) is 3.75. The summed E-state index contributed by atoms with van der Waals surface area (Å²) in [5.41, 5.74) is 1.62. The Morgan fingerprint density at radius 3 is 2.67 bits per heavy atom. The molecule has 0 spiro atoms. The van der Waals surface area contributed by atoms with Crippen LogP contribution in [-0.2, 0) is 5.75 Å². The van der Waals surface area contributed by atoms with Gasteiger partial charge >= 0.3 is 0 Å². The van der Waals surface area contributed by atoms with Crippen molar-refractivity contribution in [1.29, 1.82) is 0 Å². The molecule has 0 aliphatic carbocycles. The van der Waals surface area contributed by atoms with Crippen LogP contribution in [0.1, 0.15) is 5.56 Å². The number of hydrogen-bond donors (Lipinski definition) is 1. The van der Waals surface area contributed by atoms with Gasteiger partial charge in [0.2, 0.25) is 5.16 Å². The van der Waals surface area contributed by atoms with E-state index in [1.165, 1.54) is 28.6 Å². The Kier molecular flexibility index (Phi) is 4.92. The Morgan fingerprint density at radius 1 is 1.21 bits per heavy atom. The van der Waals surface area contributed by atoms with Crippen molar-refractivity contribution >= 4 is 23.4 Å². The van der Waals surface area contributed by atoms with E-state index in [2.05, 4.69) is 10.2 Å². The summed E-state index contributed by atoms with van der Waals surface area (Å²) >= 11 is 7.44. The number of nitrogens with two attached hydrogens (primary N) is 1. The Morgan fingerprint density at radius 2 is 1.96 bits per heavy atom. The predicted molar refractivity (Wildman–Crippen MR) is 93.1 cm³/mol.